The minimum atomic E-state index is -0.495. The second-order valence-electron chi connectivity index (χ2n) is 4.30. The summed E-state index contributed by atoms with van der Waals surface area (Å²) >= 11 is 0. The van der Waals surface area contributed by atoms with Crippen molar-refractivity contribution in [1.29, 1.82) is 0 Å². The molecule has 1 N–H and O–H groups in total. The summed E-state index contributed by atoms with van der Waals surface area (Å²) in [7, 11) is 0. The van der Waals surface area contributed by atoms with Crippen LogP contribution in [0.25, 0.3) is 0 Å². The Morgan fingerprint density at radius 1 is 1.36 bits per heavy atom. The van der Waals surface area contributed by atoms with E-state index in [9.17, 15) is 0 Å². The Labute approximate surface area is 87.3 Å². The number of likely N-dealkylation sites (tertiary alicyclic amines) is 1. The average molecular weight is 195 g/mol. The van der Waals surface area contributed by atoms with E-state index in [4.69, 9.17) is 5.11 Å². The van der Waals surface area contributed by atoms with Gasteiger partial charge >= 0.3 is 0 Å². The Balaban J connectivity index is 2.45. The molecule has 0 aliphatic carbocycles. The first-order chi connectivity index (χ1) is 6.61. The largest absolute Gasteiger partial charge is 0.381 e. The fourth-order valence-electron chi connectivity index (χ4n) is 2.07. The highest BCUT2D eigenvalue weighted by Gasteiger charge is 2.23. The molecule has 1 aliphatic rings. The second kappa shape index (κ2) is 5.38. The zero-order valence-corrected chi connectivity index (χ0v) is 9.45. The molecule has 3 atom stereocenters. The molecule has 1 fully saturated rings. The van der Waals surface area contributed by atoms with Gasteiger partial charge in [-0.3, -0.25) is 4.90 Å². The quantitative estimate of drug-likeness (QED) is 0.643. The van der Waals surface area contributed by atoms with Crippen molar-refractivity contribution < 1.29 is 5.11 Å². The van der Waals surface area contributed by atoms with Crippen LogP contribution < -0.4 is 0 Å². The third kappa shape index (κ3) is 3.32. The van der Waals surface area contributed by atoms with Crippen molar-refractivity contribution in [3.05, 3.63) is 0 Å². The molecule has 1 heterocycles. The van der Waals surface area contributed by atoms with Crippen LogP contribution in [0, 0.1) is 11.8 Å². The normalized spacial score (nSPS) is 30.6. The molecule has 1 aliphatic heterocycles. The SMILES string of the molecule is C[C@@H]1CCC[C@H](C)N1CC#C[C@@H](C)O. The fraction of sp³-hybridized carbons (Fsp3) is 0.833. The topological polar surface area (TPSA) is 23.5 Å². The molecule has 0 spiro atoms. The second-order valence-corrected chi connectivity index (χ2v) is 4.30. The van der Waals surface area contributed by atoms with Gasteiger partial charge in [-0.2, -0.15) is 0 Å². The predicted molar refractivity (Wildman–Crippen MR) is 58.9 cm³/mol. The van der Waals surface area contributed by atoms with E-state index in [-0.39, 0.29) is 0 Å². The van der Waals surface area contributed by atoms with Gasteiger partial charge < -0.3 is 5.11 Å². The fourth-order valence-corrected chi connectivity index (χ4v) is 2.07. The molecular weight excluding hydrogens is 174 g/mol. The maximum absolute atomic E-state index is 9.02. The van der Waals surface area contributed by atoms with Gasteiger partial charge in [-0.05, 0) is 33.6 Å². The molecule has 2 heteroatoms. The number of nitrogens with zero attached hydrogens (tertiary/aromatic N) is 1. The molecule has 0 aromatic carbocycles. The van der Waals surface area contributed by atoms with E-state index in [0.717, 1.165) is 6.54 Å². The Bertz CT molecular complexity index is 216. The van der Waals surface area contributed by atoms with Crippen LogP contribution in [-0.2, 0) is 0 Å². The minimum Gasteiger partial charge on any atom is -0.381 e. The highest BCUT2D eigenvalue weighted by atomic mass is 16.3. The molecule has 0 radical (unpaired) electrons. The van der Waals surface area contributed by atoms with E-state index >= 15 is 0 Å². The van der Waals surface area contributed by atoms with Gasteiger partial charge in [0, 0.05) is 12.1 Å². The lowest BCUT2D eigenvalue weighted by Crippen LogP contribution is -2.43. The number of rotatable bonds is 1. The summed E-state index contributed by atoms with van der Waals surface area (Å²) in [5.41, 5.74) is 0. The summed E-state index contributed by atoms with van der Waals surface area (Å²) in [4.78, 5) is 2.43. The van der Waals surface area contributed by atoms with Crippen LogP contribution in [0.2, 0.25) is 0 Å². The van der Waals surface area contributed by atoms with Crippen LogP contribution in [-0.4, -0.2) is 34.7 Å². The highest BCUT2D eigenvalue weighted by Crippen LogP contribution is 2.21. The van der Waals surface area contributed by atoms with Crippen LogP contribution in [0.1, 0.15) is 40.0 Å². The summed E-state index contributed by atoms with van der Waals surface area (Å²) in [5, 5.41) is 9.02. The Hall–Kier alpha value is -0.520. The number of hydrogen-bond donors (Lipinski definition) is 1. The maximum atomic E-state index is 9.02. The van der Waals surface area contributed by atoms with Gasteiger partial charge in [0.2, 0.25) is 0 Å². The third-order valence-corrected chi connectivity index (χ3v) is 2.95. The lowest BCUT2D eigenvalue weighted by Gasteiger charge is -2.37. The van der Waals surface area contributed by atoms with Gasteiger partial charge in [-0.1, -0.05) is 18.3 Å². The van der Waals surface area contributed by atoms with Crippen LogP contribution in [0.15, 0.2) is 0 Å². The smallest absolute Gasteiger partial charge is 0.112 e. The monoisotopic (exact) mass is 195 g/mol. The maximum Gasteiger partial charge on any atom is 0.112 e. The average Bonchev–Trinajstić information content (AvgIpc) is 2.09. The number of aliphatic hydroxyl groups is 1. The van der Waals surface area contributed by atoms with Crippen LogP contribution in [0.3, 0.4) is 0 Å². The summed E-state index contributed by atoms with van der Waals surface area (Å²) in [5.74, 6) is 5.84. The summed E-state index contributed by atoms with van der Waals surface area (Å²) in [6.45, 7) is 7.03. The molecule has 2 nitrogen and oxygen atoms in total. The molecule has 14 heavy (non-hydrogen) atoms. The minimum absolute atomic E-state index is 0.495. The van der Waals surface area contributed by atoms with Crippen LogP contribution in [0.4, 0.5) is 0 Å². The van der Waals surface area contributed by atoms with Gasteiger partial charge in [-0.15, -0.1) is 0 Å². The number of piperidine rings is 1. The van der Waals surface area contributed by atoms with E-state index in [1.54, 1.807) is 6.92 Å². The lowest BCUT2D eigenvalue weighted by atomic mass is 9.98. The van der Waals surface area contributed by atoms with Gasteiger partial charge in [-0.25, -0.2) is 0 Å². The van der Waals surface area contributed by atoms with Gasteiger partial charge in [0.05, 0.1) is 6.54 Å². The van der Waals surface area contributed by atoms with Crippen LogP contribution >= 0.6 is 0 Å². The lowest BCUT2D eigenvalue weighted by molar-refractivity contribution is 0.121. The molecule has 80 valence electrons. The highest BCUT2D eigenvalue weighted by molar-refractivity contribution is 5.06. The van der Waals surface area contributed by atoms with Crippen molar-refractivity contribution in [2.45, 2.75) is 58.2 Å². The molecule has 1 saturated heterocycles. The van der Waals surface area contributed by atoms with E-state index in [0.29, 0.717) is 12.1 Å². The molecule has 0 amide bonds. The standard InChI is InChI=1S/C12H21NO/c1-10-6-4-7-11(2)13(10)9-5-8-12(3)14/h10-12,14H,4,6-7,9H2,1-3H3/t10-,11+,12-/m1/s1. The predicted octanol–water partition coefficient (Wildman–Crippen LogP) is 1.63. The van der Waals surface area contributed by atoms with Crippen LogP contribution in [0.5, 0.6) is 0 Å². The summed E-state index contributed by atoms with van der Waals surface area (Å²) in [6, 6.07) is 1.28. The Morgan fingerprint density at radius 3 is 2.43 bits per heavy atom. The van der Waals surface area contributed by atoms with Crippen molar-refractivity contribution >= 4 is 0 Å². The van der Waals surface area contributed by atoms with Crippen molar-refractivity contribution in [2.75, 3.05) is 6.54 Å². The van der Waals surface area contributed by atoms with Gasteiger partial charge in [0.25, 0.3) is 0 Å². The third-order valence-electron chi connectivity index (χ3n) is 2.95. The van der Waals surface area contributed by atoms with E-state index in [1.807, 2.05) is 0 Å². The van der Waals surface area contributed by atoms with Gasteiger partial charge in [0.15, 0.2) is 0 Å². The van der Waals surface area contributed by atoms with Crippen molar-refractivity contribution in [2.24, 2.45) is 0 Å². The first-order valence-corrected chi connectivity index (χ1v) is 5.53. The number of aliphatic hydroxyl groups excluding tert-OH is 1. The van der Waals surface area contributed by atoms with E-state index in [2.05, 4.69) is 30.6 Å². The first-order valence-electron chi connectivity index (χ1n) is 5.53. The molecule has 0 aromatic heterocycles. The Kier molecular flexibility index (Phi) is 4.44. The van der Waals surface area contributed by atoms with Crippen molar-refractivity contribution in [1.82, 2.24) is 4.90 Å². The molecule has 0 aromatic rings. The van der Waals surface area contributed by atoms with E-state index < -0.39 is 6.10 Å². The first kappa shape index (κ1) is 11.6. The molecule has 0 unspecified atom stereocenters. The van der Waals surface area contributed by atoms with Crippen molar-refractivity contribution in [3.8, 4) is 11.8 Å². The molecular formula is C12H21NO. The molecule has 0 bridgehead atoms. The van der Waals surface area contributed by atoms with Gasteiger partial charge in [0.1, 0.15) is 6.10 Å². The summed E-state index contributed by atoms with van der Waals surface area (Å²) < 4.78 is 0. The molecule has 0 saturated carbocycles. The Morgan fingerprint density at radius 2 is 1.93 bits per heavy atom. The number of hydrogen-bond acceptors (Lipinski definition) is 2. The van der Waals surface area contributed by atoms with Crippen molar-refractivity contribution in [3.63, 3.8) is 0 Å². The zero-order valence-electron chi connectivity index (χ0n) is 9.45. The summed E-state index contributed by atoms with van der Waals surface area (Å²) in [6.07, 6.45) is 3.40. The van der Waals surface area contributed by atoms with E-state index in [1.165, 1.54) is 19.3 Å². The zero-order chi connectivity index (χ0) is 10.6. The molecule has 1 rings (SSSR count).